The molecule has 0 radical (unpaired) electrons. The van der Waals surface area contributed by atoms with E-state index in [1.165, 1.54) is 18.9 Å². The van der Waals surface area contributed by atoms with Gasteiger partial charge in [0, 0.05) is 35.0 Å². The lowest BCUT2D eigenvalue weighted by Crippen LogP contribution is -2.11. The van der Waals surface area contributed by atoms with Crippen LogP contribution in [0.3, 0.4) is 0 Å². The predicted octanol–water partition coefficient (Wildman–Crippen LogP) is 3.85. The average molecular weight is 323 g/mol. The van der Waals surface area contributed by atoms with Crippen molar-refractivity contribution in [3.05, 3.63) is 58.1 Å². The summed E-state index contributed by atoms with van der Waals surface area (Å²) >= 11 is 3.37. The molecule has 100 valence electrons. The van der Waals surface area contributed by atoms with Gasteiger partial charge in [-0.05, 0) is 48.6 Å². The second-order valence-corrected chi connectivity index (χ2v) is 6.13. The molecular formula is C15H16BrFN2. The van der Waals surface area contributed by atoms with E-state index in [1.807, 2.05) is 29.1 Å². The smallest absolute Gasteiger partial charge is 0.128 e. The van der Waals surface area contributed by atoms with E-state index in [1.54, 1.807) is 6.07 Å². The lowest BCUT2D eigenvalue weighted by Gasteiger charge is -2.08. The first-order valence-corrected chi connectivity index (χ1v) is 7.28. The third kappa shape index (κ3) is 2.90. The SMILES string of the molecule is NC(c1ccn(Cc2cc(Br)ccc2F)c1)C1CC1. The number of rotatable bonds is 4. The van der Waals surface area contributed by atoms with Crippen LogP contribution < -0.4 is 5.73 Å². The Morgan fingerprint density at radius 3 is 2.89 bits per heavy atom. The van der Waals surface area contributed by atoms with Crippen LogP contribution in [0.2, 0.25) is 0 Å². The molecule has 19 heavy (non-hydrogen) atoms. The molecule has 0 saturated heterocycles. The molecule has 1 heterocycles. The zero-order valence-electron chi connectivity index (χ0n) is 10.5. The molecule has 2 aromatic rings. The molecule has 0 aliphatic heterocycles. The van der Waals surface area contributed by atoms with Crippen LogP contribution in [0.5, 0.6) is 0 Å². The summed E-state index contributed by atoms with van der Waals surface area (Å²) in [5.74, 6) is 0.461. The van der Waals surface area contributed by atoms with Gasteiger partial charge in [-0.1, -0.05) is 15.9 Å². The Morgan fingerprint density at radius 1 is 1.37 bits per heavy atom. The number of aromatic nitrogens is 1. The summed E-state index contributed by atoms with van der Waals surface area (Å²) in [4.78, 5) is 0. The molecule has 4 heteroatoms. The molecule has 2 N–H and O–H groups in total. The third-order valence-electron chi connectivity index (χ3n) is 3.65. The van der Waals surface area contributed by atoms with E-state index in [9.17, 15) is 4.39 Å². The monoisotopic (exact) mass is 322 g/mol. The number of nitrogens with two attached hydrogens (primary N) is 1. The van der Waals surface area contributed by atoms with E-state index in [2.05, 4.69) is 15.9 Å². The maximum Gasteiger partial charge on any atom is 0.128 e. The van der Waals surface area contributed by atoms with Crippen LogP contribution in [0.1, 0.15) is 30.0 Å². The van der Waals surface area contributed by atoms with Gasteiger partial charge >= 0.3 is 0 Å². The van der Waals surface area contributed by atoms with Crippen molar-refractivity contribution < 1.29 is 4.39 Å². The standard InChI is InChI=1S/C15H16BrFN2/c16-13-3-4-14(17)12(7-13)9-19-6-5-11(8-19)15(18)10-1-2-10/h3-8,10,15H,1-2,9,18H2. The maximum absolute atomic E-state index is 13.7. The normalized spacial score (nSPS) is 16.6. The second-order valence-electron chi connectivity index (χ2n) is 5.22. The van der Waals surface area contributed by atoms with Crippen molar-refractivity contribution in [1.82, 2.24) is 4.57 Å². The summed E-state index contributed by atoms with van der Waals surface area (Å²) in [7, 11) is 0. The lowest BCUT2D eigenvalue weighted by atomic mass is 10.1. The minimum Gasteiger partial charge on any atom is -0.349 e. The van der Waals surface area contributed by atoms with Crippen molar-refractivity contribution >= 4 is 15.9 Å². The van der Waals surface area contributed by atoms with Gasteiger partial charge in [0.05, 0.1) is 0 Å². The van der Waals surface area contributed by atoms with Gasteiger partial charge in [0.15, 0.2) is 0 Å². The van der Waals surface area contributed by atoms with Crippen LogP contribution in [0, 0.1) is 11.7 Å². The van der Waals surface area contributed by atoms with Crippen LogP contribution in [-0.4, -0.2) is 4.57 Å². The zero-order chi connectivity index (χ0) is 13.4. The van der Waals surface area contributed by atoms with Crippen molar-refractivity contribution in [3.8, 4) is 0 Å². The predicted molar refractivity (Wildman–Crippen MR) is 77.3 cm³/mol. The summed E-state index contributed by atoms with van der Waals surface area (Å²) in [6, 6.07) is 7.19. The topological polar surface area (TPSA) is 30.9 Å². The van der Waals surface area contributed by atoms with E-state index < -0.39 is 0 Å². The zero-order valence-corrected chi connectivity index (χ0v) is 12.1. The Labute approximate surface area is 120 Å². The van der Waals surface area contributed by atoms with Gasteiger partial charge in [-0.15, -0.1) is 0 Å². The van der Waals surface area contributed by atoms with Crippen LogP contribution in [-0.2, 0) is 6.54 Å². The molecule has 3 rings (SSSR count). The molecule has 1 saturated carbocycles. The van der Waals surface area contributed by atoms with Gasteiger partial charge in [0.25, 0.3) is 0 Å². The number of halogens is 2. The van der Waals surface area contributed by atoms with Crippen LogP contribution in [0.15, 0.2) is 41.1 Å². The average Bonchev–Trinajstić information content (AvgIpc) is 3.13. The highest BCUT2D eigenvalue weighted by Crippen LogP contribution is 2.39. The lowest BCUT2D eigenvalue weighted by molar-refractivity contribution is 0.597. The van der Waals surface area contributed by atoms with Gasteiger partial charge in [0.2, 0.25) is 0 Å². The molecule has 0 bridgehead atoms. The van der Waals surface area contributed by atoms with Crippen molar-refractivity contribution in [2.75, 3.05) is 0 Å². The van der Waals surface area contributed by atoms with E-state index in [0.29, 0.717) is 18.0 Å². The number of benzene rings is 1. The summed E-state index contributed by atoms with van der Waals surface area (Å²) in [6.45, 7) is 0.530. The molecule has 2 nitrogen and oxygen atoms in total. The molecule has 1 aromatic carbocycles. The molecule has 0 amide bonds. The fourth-order valence-electron chi connectivity index (χ4n) is 2.34. The number of hydrogen-bond donors (Lipinski definition) is 1. The second kappa shape index (κ2) is 5.10. The highest BCUT2D eigenvalue weighted by atomic mass is 79.9. The van der Waals surface area contributed by atoms with Crippen molar-refractivity contribution in [2.45, 2.75) is 25.4 Å². The van der Waals surface area contributed by atoms with E-state index in [-0.39, 0.29) is 11.9 Å². The van der Waals surface area contributed by atoms with Crippen molar-refractivity contribution in [3.63, 3.8) is 0 Å². The Hall–Kier alpha value is -1.13. The molecule has 1 atom stereocenters. The first-order valence-electron chi connectivity index (χ1n) is 6.48. The van der Waals surface area contributed by atoms with E-state index in [0.717, 1.165) is 10.0 Å². The van der Waals surface area contributed by atoms with Crippen molar-refractivity contribution in [1.29, 1.82) is 0 Å². The van der Waals surface area contributed by atoms with E-state index >= 15 is 0 Å². The fraction of sp³-hybridized carbons (Fsp3) is 0.333. The molecule has 0 spiro atoms. The largest absolute Gasteiger partial charge is 0.349 e. The van der Waals surface area contributed by atoms with E-state index in [4.69, 9.17) is 5.73 Å². The quantitative estimate of drug-likeness (QED) is 0.910. The summed E-state index contributed by atoms with van der Waals surface area (Å²) in [5, 5.41) is 0. The molecule has 1 aromatic heterocycles. The highest BCUT2D eigenvalue weighted by molar-refractivity contribution is 9.10. The Balaban J connectivity index is 1.77. The Kier molecular flexibility index (Phi) is 3.46. The summed E-state index contributed by atoms with van der Waals surface area (Å²) in [5.41, 5.74) is 7.99. The van der Waals surface area contributed by atoms with Gasteiger partial charge in [-0.2, -0.15) is 0 Å². The van der Waals surface area contributed by atoms with Crippen LogP contribution in [0.4, 0.5) is 4.39 Å². The molecular weight excluding hydrogens is 307 g/mol. The number of hydrogen-bond acceptors (Lipinski definition) is 1. The summed E-state index contributed by atoms with van der Waals surface area (Å²) < 4.78 is 16.6. The van der Waals surface area contributed by atoms with Gasteiger partial charge < -0.3 is 10.3 Å². The van der Waals surface area contributed by atoms with Crippen LogP contribution >= 0.6 is 15.9 Å². The van der Waals surface area contributed by atoms with Gasteiger partial charge in [-0.25, -0.2) is 4.39 Å². The van der Waals surface area contributed by atoms with Crippen molar-refractivity contribution in [2.24, 2.45) is 11.7 Å². The molecule has 1 aliphatic carbocycles. The first kappa shape index (κ1) is 12.9. The summed E-state index contributed by atoms with van der Waals surface area (Å²) in [6.07, 6.45) is 6.46. The van der Waals surface area contributed by atoms with Gasteiger partial charge in [-0.3, -0.25) is 0 Å². The number of nitrogens with zero attached hydrogens (tertiary/aromatic N) is 1. The third-order valence-corrected chi connectivity index (χ3v) is 4.14. The fourth-order valence-corrected chi connectivity index (χ4v) is 2.75. The first-order chi connectivity index (χ1) is 9.13. The Morgan fingerprint density at radius 2 is 2.16 bits per heavy atom. The molecule has 1 fully saturated rings. The minimum absolute atomic E-state index is 0.133. The minimum atomic E-state index is -0.176. The van der Waals surface area contributed by atoms with Gasteiger partial charge in [0.1, 0.15) is 5.82 Å². The molecule has 1 aliphatic rings. The Bertz CT molecular complexity index is 590. The van der Waals surface area contributed by atoms with Crippen LogP contribution in [0.25, 0.3) is 0 Å². The highest BCUT2D eigenvalue weighted by Gasteiger charge is 2.29. The molecule has 1 unspecified atom stereocenters. The maximum atomic E-state index is 13.7.